The number of carbonyl (C=O) groups excluding carboxylic acids is 1. The molecule has 0 radical (unpaired) electrons. The van der Waals surface area contributed by atoms with Crippen molar-refractivity contribution in [2.75, 3.05) is 10.6 Å². The Hall–Kier alpha value is -1.33. The van der Waals surface area contributed by atoms with Crippen molar-refractivity contribution in [3.05, 3.63) is 57.0 Å². The van der Waals surface area contributed by atoms with Crippen LogP contribution in [0.1, 0.15) is 5.56 Å². The number of carbonyl (C=O) groups is 1. The molecule has 2 N–H and O–H groups in total. The summed E-state index contributed by atoms with van der Waals surface area (Å²) in [5, 5.41) is 5.58. The lowest BCUT2D eigenvalue weighted by atomic mass is 10.2. The molecule has 2 amide bonds. The number of rotatable bonds is 2. The van der Waals surface area contributed by atoms with Gasteiger partial charge in [-0.2, -0.15) is 0 Å². The monoisotopic (exact) mass is 382 g/mol. The molecular formula is C14H12Br2N2O. The maximum atomic E-state index is 11.9. The molecule has 0 unspecified atom stereocenters. The largest absolute Gasteiger partial charge is 0.323 e. The molecule has 0 aliphatic rings. The predicted molar refractivity (Wildman–Crippen MR) is 85.7 cm³/mol. The molecule has 0 heterocycles. The van der Waals surface area contributed by atoms with Crippen LogP contribution in [0.5, 0.6) is 0 Å². The maximum Gasteiger partial charge on any atom is 0.323 e. The molecule has 0 spiro atoms. The molecular weight excluding hydrogens is 372 g/mol. The van der Waals surface area contributed by atoms with Gasteiger partial charge in [0.2, 0.25) is 0 Å². The predicted octanol–water partition coefficient (Wildman–Crippen LogP) is 5.16. The summed E-state index contributed by atoms with van der Waals surface area (Å²) in [4.78, 5) is 11.9. The van der Waals surface area contributed by atoms with Crippen LogP contribution in [0.3, 0.4) is 0 Å². The first-order valence-electron chi connectivity index (χ1n) is 5.65. The van der Waals surface area contributed by atoms with Gasteiger partial charge < -0.3 is 10.6 Å². The van der Waals surface area contributed by atoms with Gasteiger partial charge in [-0.15, -0.1) is 0 Å². The first kappa shape index (κ1) is 14.1. The Bertz CT molecular complexity index is 614. The summed E-state index contributed by atoms with van der Waals surface area (Å²) >= 11 is 6.81. The molecule has 5 heteroatoms. The van der Waals surface area contributed by atoms with Gasteiger partial charge in [0, 0.05) is 14.6 Å². The average Bonchev–Trinajstić information content (AvgIpc) is 2.37. The lowest BCUT2D eigenvalue weighted by Gasteiger charge is -2.10. The van der Waals surface area contributed by atoms with Crippen LogP contribution in [-0.4, -0.2) is 6.03 Å². The van der Waals surface area contributed by atoms with Gasteiger partial charge in [-0.1, -0.05) is 28.1 Å². The zero-order valence-electron chi connectivity index (χ0n) is 10.2. The van der Waals surface area contributed by atoms with Gasteiger partial charge in [0.05, 0.1) is 5.69 Å². The average molecular weight is 384 g/mol. The molecule has 98 valence electrons. The Morgan fingerprint density at radius 1 is 1.00 bits per heavy atom. The van der Waals surface area contributed by atoms with E-state index in [9.17, 15) is 4.79 Å². The van der Waals surface area contributed by atoms with Crippen molar-refractivity contribution in [1.82, 2.24) is 0 Å². The normalized spacial score (nSPS) is 10.1. The zero-order chi connectivity index (χ0) is 13.8. The number of benzene rings is 2. The summed E-state index contributed by atoms with van der Waals surface area (Å²) in [5.74, 6) is 0. The number of urea groups is 1. The fourth-order valence-electron chi connectivity index (χ4n) is 1.57. The summed E-state index contributed by atoms with van der Waals surface area (Å²) in [6, 6.07) is 12.9. The number of hydrogen-bond acceptors (Lipinski definition) is 1. The Kier molecular flexibility index (Phi) is 4.61. The van der Waals surface area contributed by atoms with Crippen LogP contribution in [0.4, 0.5) is 16.2 Å². The summed E-state index contributed by atoms with van der Waals surface area (Å²) in [6.07, 6.45) is 0. The van der Waals surface area contributed by atoms with Crippen LogP contribution in [-0.2, 0) is 0 Å². The number of anilines is 2. The smallest absolute Gasteiger partial charge is 0.308 e. The van der Waals surface area contributed by atoms with E-state index < -0.39 is 0 Å². The number of amides is 2. The van der Waals surface area contributed by atoms with E-state index in [-0.39, 0.29) is 6.03 Å². The van der Waals surface area contributed by atoms with Crippen LogP contribution in [0.25, 0.3) is 0 Å². The van der Waals surface area contributed by atoms with Crippen LogP contribution in [0.15, 0.2) is 51.4 Å². The van der Waals surface area contributed by atoms with E-state index >= 15 is 0 Å². The van der Waals surface area contributed by atoms with Crippen molar-refractivity contribution < 1.29 is 4.79 Å². The third-order valence-corrected chi connectivity index (χ3v) is 4.12. The van der Waals surface area contributed by atoms with Crippen LogP contribution in [0.2, 0.25) is 0 Å². The molecule has 0 atom stereocenters. The lowest BCUT2D eigenvalue weighted by Crippen LogP contribution is -2.19. The number of aryl methyl sites for hydroxylation is 1. The van der Waals surface area contributed by atoms with Gasteiger partial charge in [-0.3, -0.25) is 0 Å². The van der Waals surface area contributed by atoms with E-state index in [4.69, 9.17) is 0 Å². The van der Waals surface area contributed by atoms with Crippen molar-refractivity contribution in [2.45, 2.75) is 6.92 Å². The van der Waals surface area contributed by atoms with E-state index in [1.165, 1.54) is 0 Å². The molecule has 0 aliphatic heterocycles. The molecule has 0 saturated heterocycles. The molecule has 0 fully saturated rings. The highest BCUT2D eigenvalue weighted by Gasteiger charge is 2.05. The van der Waals surface area contributed by atoms with Crippen molar-refractivity contribution in [1.29, 1.82) is 0 Å². The van der Waals surface area contributed by atoms with Gasteiger partial charge in [0.1, 0.15) is 0 Å². The highest BCUT2D eigenvalue weighted by atomic mass is 79.9. The molecule has 3 nitrogen and oxygen atoms in total. The van der Waals surface area contributed by atoms with Crippen molar-refractivity contribution in [3.63, 3.8) is 0 Å². The molecule has 19 heavy (non-hydrogen) atoms. The van der Waals surface area contributed by atoms with Crippen molar-refractivity contribution >= 4 is 49.3 Å². The molecule has 2 aromatic carbocycles. The van der Waals surface area contributed by atoms with Crippen LogP contribution in [0, 0.1) is 6.92 Å². The SMILES string of the molecule is Cc1cc(NC(=O)Nc2ccccc2Br)ccc1Br. The molecule has 2 rings (SSSR count). The summed E-state index contributed by atoms with van der Waals surface area (Å²) in [6.45, 7) is 1.97. The molecule has 0 saturated carbocycles. The van der Waals surface area contributed by atoms with Gasteiger partial charge >= 0.3 is 6.03 Å². The standard InChI is InChI=1S/C14H12Br2N2O/c1-9-8-10(6-7-11(9)15)17-14(19)18-13-5-3-2-4-12(13)16/h2-8H,1H3,(H2,17,18,19). The second-order valence-electron chi connectivity index (χ2n) is 4.02. The van der Waals surface area contributed by atoms with Crippen molar-refractivity contribution in [3.8, 4) is 0 Å². The topological polar surface area (TPSA) is 41.1 Å². The van der Waals surface area contributed by atoms with E-state index in [0.717, 1.165) is 25.9 Å². The third-order valence-electron chi connectivity index (χ3n) is 2.54. The molecule has 0 aliphatic carbocycles. The van der Waals surface area contributed by atoms with E-state index in [0.29, 0.717) is 0 Å². The first-order valence-corrected chi connectivity index (χ1v) is 7.23. The molecule has 0 aromatic heterocycles. The zero-order valence-corrected chi connectivity index (χ0v) is 13.4. The highest BCUT2D eigenvalue weighted by molar-refractivity contribution is 9.10. The van der Waals surface area contributed by atoms with Gasteiger partial charge in [-0.05, 0) is 58.7 Å². The van der Waals surface area contributed by atoms with E-state index in [1.807, 2.05) is 49.4 Å². The minimum atomic E-state index is -0.270. The highest BCUT2D eigenvalue weighted by Crippen LogP contribution is 2.22. The van der Waals surface area contributed by atoms with Crippen molar-refractivity contribution in [2.24, 2.45) is 0 Å². The van der Waals surface area contributed by atoms with Gasteiger partial charge in [0.15, 0.2) is 0 Å². The number of halogens is 2. The molecule has 2 aromatic rings. The van der Waals surface area contributed by atoms with E-state index in [2.05, 4.69) is 42.5 Å². The second kappa shape index (κ2) is 6.21. The number of para-hydroxylation sites is 1. The fourth-order valence-corrected chi connectivity index (χ4v) is 2.20. The molecule has 0 bridgehead atoms. The quantitative estimate of drug-likeness (QED) is 0.738. The van der Waals surface area contributed by atoms with Gasteiger partial charge in [-0.25, -0.2) is 4.79 Å². The first-order chi connectivity index (χ1) is 9.06. The van der Waals surface area contributed by atoms with E-state index in [1.54, 1.807) is 0 Å². The Balaban J connectivity index is 2.05. The number of hydrogen-bond donors (Lipinski definition) is 2. The number of nitrogens with one attached hydrogen (secondary N) is 2. The minimum Gasteiger partial charge on any atom is -0.308 e. The van der Waals surface area contributed by atoms with Gasteiger partial charge in [0.25, 0.3) is 0 Å². The van der Waals surface area contributed by atoms with Crippen LogP contribution < -0.4 is 10.6 Å². The Morgan fingerprint density at radius 3 is 2.42 bits per heavy atom. The summed E-state index contributed by atoms with van der Waals surface area (Å²) in [5.41, 5.74) is 2.55. The summed E-state index contributed by atoms with van der Waals surface area (Å²) < 4.78 is 1.86. The Labute approximate surface area is 128 Å². The van der Waals surface area contributed by atoms with Crippen LogP contribution >= 0.6 is 31.9 Å². The summed E-state index contributed by atoms with van der Waals surface area (Å²) in [7, 11) is 0. The lowest BCUT2D eigenvalue weighted by molar-refractivity contribution is 0.262. The Morgan fingerprint density at radius 2 is 1.74 bits per heavy atom. The fraction of sp³-hybridized carbons (Fsp3) is 0.0714. The maximum absolute atomic E-state index is 11.9. The minimum absolute atomic E-state index is 0.270. The third kappa shape index (κ3) is 3.81. The second-order valence-corrected chi connectivity index (χ2v) is 5.73.